The molecule has 0 radical (unpaired) electrons. The van der Waals surface area contributed by atoms with Crippen molar-refractivity contribution in [3.63, 3.8) is 0 Å². The zero-order valence-corrected chi connectivity index (χ0v) is 14.0. The summed E-state index contributed by atoms with van der Waals surface area (Å²) in [5.41, 5.74) is 7.49. The standard InChI is InChI=1S/C14H19N3S.HI/c15-14(17-6-8-18-9-7-17)16-13-10-12(13)11-4-2-1-3-5-11;/h1-5,12-13H,6-10H2,(H2,15,16);1H. The fourth-order valence-electron chi connectivity index (χ4n) is 2.43. The van der Waals surface area contributed by atoms with Crippen LogP contribution in [0.15, 0.2) is 35.3 Å². The molecule has 2 unspecified atom stereocenters. The number of benzene rings is 1. The fraction of sp³-hybridized carbons (Fsp3) is 0.500. The zero-order valence-electron chi connectivity index (χ0n) is 10.9. The first kappa shape index (κ1) is 15.0. The summed E-state index contributed by atoms with van der Waals surface area (Å²) in [5, 5.41) is 0. The van der Waals surface area contributed by atoms with Gasteiger partial charge < -0.3 is 10.6 Å². The van der Waals surface area contributed by atoms with Gasteiger partial charge in [-0.05, 0) is 12.0 Å². The number of rotatable bonds is 2. The molecule has 104 valence electrons. The maximum atomic E-state index is 6.10. The van der Waals surface area contributed by atoms with Crippen molar-refractivity contribution < 1.29 is 0 Å². The van der Waals surface area contributed by atoms with E-state index in [1.54, 1.807) is 0 Å². The van der Waals surface area contributed by atoms with Crippen molar-refractivity contribution in [2.75, 3.05) is 24.6 Å². The first-order valence-corrected chi connectivity index (χ1v) is 7.71. The van der Waals surface area contributed by atoms with Crippen molar-refractivity contribution in [3.8, 4) is 0 Å². The summed E-state index contributed by atoms with van der Waals surface area (Å²) in [6, 6.07) is 11.0. The van der Waals surface area contributed by atoms with Crippen molar-refractivity contribution >= 4 is 41.7 Å². The highest BCUT2D eigenvalue weighted by molar-refractivity contribution is 14.0. The minimum atomic E-state index is 0. The van der Waals surface area contributed by atoms with Crippen molar-refractivity contribution in [1.82, 2.24) is 4.90 Å². The Morgan fingerprint density at radius 3 is 2.58 bits per heavy atom. The number of halogens is 1. The molecule has 19 heavy (non-hydrogen) atoms. The van der Waals surface area contributed by atoms with E-state index in [2.05, 4.69) is 40.2 Å². The van der Waals surface area contributed by atoms with Crippen LogP contribution in [0.1, 0.15) is 17.9 Å². The van der Waals surface area contributed by atoms with Crippen LogP contribution < -0.4 is 5.73 Å². The van der Waals surface area contributed by atoms with Crippen molar-refractivity contribution in [2.45, 2.75) is 18.4 Å². The van der Waals surface area contributed by atoms with E-state index in [1.807, 2.05) is 11.8 Å². The molecule has 1 saturated carbocycles. The molecular formula is C14H20IN3S. The van der Waals surface area contributed by atoms with Crippen LogP contribution in [0, 0.1) is 0 Å². The van der Waals surface area contributed by atoms with Crippen LogP contribution in [-0.2, 0) is 0 Å². The molecule has 3 nitrogen and oxygen atoms in total. The Morgan fingerprint density at radius 2 is 1.89 bits per heavy atom. The van der Waals surface area contributed by atoms with Crippen LogP contribution in [0.4, 0.5) is 0 Å². The SMILES string of the molecule is I.NC(=NC1CC1c1ccccc1)N1CCSCC1. The van der Waals surface area contributed by atoms with Gasteiger partial charge in [-0.15, -0.1) is 24.0 Å². The van der Waals surface area contributed by atoms with Crippen LogP contribution in [0.2, 0.25) is 0 Å². The number of aliphatic imine (C=N–C) groups is 1. The number of hydrogen-bond donors (Lipinski definition) is 1. The summed E-state index contributed by atoms with van der Waals surface area (Å²) < 4.78 is 0. The predicted molar refractivity (Wildman–Crippen MR) is 93.5 cm³/mol. The fourth-order valence-corrected chi connectivity index (χ4v) is 3.33. The largest absolute Gasteiger partial charge is 0.370 e. The Kier molecular flexibility index (Phi) is 5.38. The Morgan fingerprint density at radius 1 is 1.21 bits per heavy atom. The van der Waals surface area contributed by atoms with Gasteiger partial charge in [-0.2, -0.15) is 11.8 Å². The third-order valence-corrected chi connectivity index (χ3v) is 4.56. The maximum absolute atomic E-state index is 6.10. The number of nitrogens with zero attached hydrogens (tertiary/aromatic N) is 2. The van der Waals surface area contributed by atoms with Gasteiger partial charge >= 0.3 is 0 Å². The molecule has 2 atom stereocenters. The summed E-state index contributed by atoms with van der Waals surface area (Å²) in [7, 11) is 0. The average molecular weight is 389 g/mol. The summed E-state index contributed by atoms with van der Waals surface area (Å²) in [4.78, 5) is 6.90. The lowest BCUT2D eigenvalue weighted by atomic mass is 10.1. The van der Waals surface area contributed by atoms with Gasteiger partial charge in [-0.3, -0.25) is 0 Å². The lowest BCUT2D eigenvalue weighted by Crippen LogP contribution is -2.42. The van der Waals surface area contributed by atoms with Gasteiger partial charge in [0.25, 0.3) is 0 Å². The molecule has 5 heteroatoms. The molecule has 3 rings (SSSR count). The van der Waals surface area contributed by atoms with Crippen LogP contribution in [0.5, 0.6) is 0 Å². The minimum absolute atomic E-state index is 0. The third-order valence-electron chi connectivity index (χ3n) is 3.62. The molecule has 0 spiro atoms. The lowest BCUT2D eigenvalue weighted by molar-refractivity contribution is 0.455. The summed E-state index contributed by atoms with van der Waals surface area (Å²) >= 11 is 2.00. The first-order chi connectivity index (χ1) is 8.84. The maximum Gasteiger partial charge on any atom is 0.191 e. The Balaban J connectivity index is 0.00000133. The molecule has 1 heterocycles. The third kappa shape index (κ3) is 3.78. The molecule has 1 aliphatic heterocycles. The van der Waals surface area contributed by atoms with Crippen LogP contribution in [0.3, 0.4) is 0 Å². The van der Waals surface area contributed by atoms with Gasteiger partial charge in [-0.25, -0.2) is 4.99 Å². The van der Waals surface area contributed by atoms with E-state index in [-0.39, 0.29) is 24.0 Å². The summed E-state index contributed by atoms with van der Waals surface area (Å²) in [5.74, 6) is 3.68. The van der Waals surface area contributed by atoms with Gasteiger partial charge in [0.15, 0.2) is 5.96 Å². The molecule has 0 aromatic heterocycles. The molecule has 0 amide bonds. The van der Waals surface area contributed by atoms with Gasteiger partial charge in [0.2, 0.25) is 0 Å². The van der Waals surface area contributed by atoms with Crippen LogP contribution in [-0.4, -0.2) is 41.5 Å². The van der Waals surface area contributed by atoms with E-state index in [0.717, 1.165) is 25.5 Å². The topological polar surface area (TPSA) is 41.6 Å². The molecule has 1 aromatic rings. The number of thioether (sulfide) groups is 1. The molecule has 0 bridgehead atoms. The van der Waals surface area contributed by atoms with Crippen molar-refractivity contribution in [2.24, 2.45) is 10.7 Å². The molecule has 2 aliphatic rings. The Hall–Kier alpha value is -0.430. The molecule has 1 aliphatic carbocycles. The van der Waals surface area contributed by atoms with E-state index in [4.69, 9.17) is 5.73 Å². The molecule has 1 aromatic carbocycles. The summed E-state index contributed by atoms with van der Waals surface area (Å²) in [6.45, 7) is 2.09. The summed E-state index contributed by atoms with van der Waals surface area (Å²) in [6.07, 6.45) is 1.15. The molecular weight excluding hydrogens is 369 g/mol. The predicted octanol–water partition coefficient (Wildman–Crippen LogP) is 2.52. The second-order valence-corrected chi connectivity index (χ2v) is 6.13. The first-order valence-electron chi connectivity index (χ1n) is 6.55. The van der Waals surface area contributed by atoms with E-state index in [9.17, 15) is 0 Å². The van der Waals surface area contributed by atoms with E-state index < -0.39 is 0 Å². The van der Waals surface area contributed by atoms with Crippen molar-refractivity contribution in [1.29, 1.82) is 0 Å². The monoisotopic (exact) mass is 389 g/mol. The second-order valence-electron chi connectivity index (χ2n) is 4.91. The molecule has 2 N–H and O–H groups in total. The minimum Gasteiger partial charge on any atom is -0.370 e. The van der Waals surface area contributed by atoms with Gasteiger partial charge in [0.05, 0.1) is 6.04 Å². The highest BCUT2D eigenvalue weighted by Crippen LogP contribution is 2.43. The van der Waals surface area contributed by atoms with Gasteiger partial charge in [0.1, 0.15) is 0 Å². The quantitative estimate of drug-likeness (QED) is 0.480. The normalized spacial score (nSPS) is 26.7. The van der Waals surface area contributed by atoms with E-state index in [0.29, 0.717) is 12.0 Å². The number of nitrogens with two attached hydrogens (primary N) is 1. The Labute approximate surface area is 136 Å². The smallest absolute Gasteiger partial charge is 0.191 e. The zero-order chi connectivity index (χ0) is 12.4. The van der Waals surface area contributed by atoms with Gasteiger partial charge in [-0.1, -0.05) is 30.3 Å². The number of guanidine groups is 1. The highest BCUT2D eigenvalue weighted by atomic mass is 127. The van der Waals surface area contributed by atoms with E-state index in [1.165, 1.54) is 17.1 Å². The molecule has 1 saturated heterocycles. The Bertz CT molecular complexity index is 432. The van der Waals surface area contributed by atoms with Crippen LogP contribution >= 0.6 is 35.7 Å². The lowest BCUT2D eigenvalue weighted by Gasteiger charge is -2.27. The van der Waals surface area contributed by atoms with Gasteiger partial charge in [0, 0.05) is 30.5 Å². The van der Waals surface area contributed by atoms with Crippen molar-refractivity contribution in [3.05, 3.63) is 35.9 Å². The van der Waals surface area contributed by atoms with Crippen LogP contribution in [0.25, 0.3) is 0 Å². The average Bonchev–Trinajstić information content (AvgIpc) is 3.20. The van der Waals surface area contributed by atoms with E-state index >= 15 is 0 Å². The molecule has 2 fully saturated rings. The second kappa shape index (κ2) is 6.83. The highest BCUT2D eigenvalue weighted by Gasteiger charge is 2.38. The number of hydrogen-bond acceptors (Lipinski definition) is 2.